The van der Waals surface area contributed by atoms with E-state index < -0.39 is 0 Å². The third-order valence-corrected chi connectivity index (χ3v) is 5.46. The molecule has 26 heavy (non-hydrogen) atoms. The zero-order chi connectivity index (χ0) is 18.7. The van der Waals surface area contributed by atoms with E-state index in [0.29, 0.717) is 11.0 Å². The molecule has 0 bridgehead atoms. The van der Waals surface area contributed by atoms with Gasteiger partial charge in [-0.15, -0.1) is 10.2 Å². The summed E-state index contributed by atoms with van der Waals surface area (Å²) in [4.78, 5) is 14.7. The maximum atomic E-state index is 12.8. The molecule has 0 unspecified atom stereocenters. The number of ether oxygens (including phenoxy) is 2. The zero-order valence-corrected chi connectivity index (χ0v) is 16.0. The predicted octanol–water partition coefficient (Wildman–Crippen LogP) is 1.77. The molecular formula is C17H23N5O3S. The fourth-order valence-corrected chi connectivity index (χ4v) is 3.93. The van der Waals surface area contributed by atoms with E-state index in [-0.39, 0.29) is 17.7 Å². The minimum atomic E-state index is -0.0226. The van der Waals surface area contributed by atoms with E-state index in [1.165, 1.54) is 16.4 Å². The molecule has 0 aliphatic carbocycles. The Kier molecular flexibility index (Phi) is 5.55. The molecule has 3 rings (SSSR count). The second kappa shape index (κ2) is 7.86. The van der Waals surface area contributed by atoms with Crippen LogP contribution in [0.15, 0.2) is 23.4 Å². The molecule has 0 saturated carbocycles. The number of carbonyl (C=O) groups excluding carboxylic acids is 1. The highest BCUT2D eigenvalue weighted by Gasteiger charge is 2.32. The molecule has 1 atom stereocenters. The number of amides is 1. The molecule has 1 aliphatic rings. The Hall–Kier alpha value is -2.42. The number of nitrogens with two attached hydrogens (primary N) is 1. The average molecular weight is 377 g/mol. The van der Waals surface area contributed by atoms with Crippen LogP contribution in [0.2, 0.25) is 0 Å². The van der Waals surface area contributed by atoms with Gasteiger partial charge in [-0.1, -0.05) is 11.8 Å². The number of nitrogens with zero attached hydrogens (tertiary/aromatic N) is 4. The molecule has 1 aliphatic heterocycles. The van der Waals surface area contributed by atoms with Crippen LogP contribution in [0.4, 0.5) is 0 Å². The smallest absolute Gasteiger partial charge is 0.233 e. The van der Waals surface area contributed by atoms with Crippen LogP contribution in [0.3, 0.4) is 0 Å². The van der Waals surface area contributed by atoms with E-state index in [0.717, 1.165) is 36.4 Å². The minimum Gasteiger partial charge on any atom is -0.497 e. The summed E-state index contributed by atoms with van der Waals surface area (Å²) in [6, 6.07) is 5.66. The van der Waals surface area contributed by atoms with Gasteiger partial charge >= 0.3 is 0 Å². The van der Waals surface area contributed by atoms with Crippen molar-refractivity contribution in [3.63, 3.8) is 0 Å². The van der Waals surface area contributed by atoms with Gasteiger partial charge in [0, 0.05) is 12.1 Å². The number of rotatable bonds is 6. The van der Waals surface area contributed by atoms with Crippen molar-refractivity contribution < 1.29 is 14.3 Å². The molecule has 2 heterocycles. The lowest BCUT2D eigenvalue weighted by Gasteiger charge is -2.26. The molecule has 1 saturated heterocycles. The van der Waals surface area contributed by atoms with Crippen molar-refractivity contribution in [1.82, 2.24) is 19.8 Å². The van der Waals surface area contributed by atoms with Gasteiger partial charge < -0.3 is 20.2 Å². The Morgan fingerprint density at radius 1 is 1.35 bits per heavy atom. The summed E-state index contributed by atoms with van der Waals surface area (Å²) < 4.78 is 12.2. The summed E-state index contributed by atoms with van der Waals surface area (Å²) in [6.45, 7) is 2.49. The van der Waals surface area contributed by atoms with Gasteiger partial charge in [-0.25, -0.2) is 4.68 Å². The minimum absolute atomic E-state index is 0.0226. The van der Waals surface area contributed by atoms with Gasteiger partial charge in [0.2, 0.25) is 11.1 Å². The standard InChI is InChI=1S/C17H23N5O3S/c1-11-19-20-17(22(11)18)26-10-16(23)21-8-4-5-14(21)13-9-12(24-2)6-7-15(13)25-3/h6-7,9,14H,4-5,8,10,18H2,1-3H3/t14-/m0/s1. The van der Waals surface area contributed by atoms with E-state index in [2.05, 4.69) is 10.2 Å². The predicted molar refractivity (Wildman–Crippen MR) is 98.9 cm³/mol. The summed E-state index contributed by atoms with van der Waals surface area (Å²) in [5.74, 6) is 8.28. The summed E-state index contributed by atoms with van der Waals surface area (Å²) in [6.07, 6.45) is 1.85. The summed E-state index contributed by atoms with van der Waals surface area (Å²) >= 11 is 1.29. The first-order valence-electron chi connectivity index (χ1n) is 8.36. The van der Waals surface area contributed by atoms with Crippen LogP contribution in [-0.2, 0) is 4.79 Å². The van der Waals surface area contributed by atoms with Crippen LogP contribution in [0.25, 0.3) is 0 Å². The molecule has 140 valence electrons. The van der Waals surface area contributed by atoms with Gasteiger partial charge in [-0.2, -0.15) is 0 Å². The van der Waals surface area contributed by atoms with E-state index in [4.69, 9.17) is 15.3 Å². The number of thioether (sulfide) groups is 1. The van der Waals surface area contributed by atoms with Gasteiger partial charge in [-0.3, -0.25) is 4.79 Å². The highest BCUT2D eigenvalue weighted by molar-refractivity contribution is 7.99. The first kappa shape index (κ1) is 18.4. The molecular weight excluding hydrogens is 354 g/mol. The molecule has 2 aromatic rings. The number of benzene rings is 1. The summed E-state index contributed by atoms with van der Waals surface area (Å²) in [7, 11) is 3.27. The zero-order valence-electron chi connectivity index (χ0n) is 15.1. The quantitative estimate of drug-likeness (QED) is 0.605. The topological polar surface area (TPSA) is 95.5 Å². The van der Waals surface area contributed by atoms with Gasteiger partial charge in [-0.05, 0) is 38.0 Å². The molecule has 1 aromatic carbocycles. The first-order valence-corrected chi connectivity index (χ1v) is 9.35. The van der Waals surface area contributed by atoms with E-state index >= 15 is 0 Å². The Morgan fingerprint density at radius 2 is 2.15 bits per heavy atom. The van der Waals surface area contributed by atoms with Gasteiger partial charge in [0.05, 0.1) is 26.0 Å². The third kappa shape index (κ3) is 3.57. The Morgan fingerprint density at radius 3 is 2.81 bits per heavy atom. The molecule has 1 amide bonds. The number of hydrogen-bond acceptors (Lipinski definition) is 7. The van der Waals surface area contributed by atoms with Crippen LogP contribution < -0.4 is 15.3 Å². The number of likely N-dealkylation sites (tertiary alicyclic amines) is 1. The van der Waals surface area contributed by atoms with Crippen molar-refractivity contribution in [2.45, 2.75) is 31.0 Å². The fourth-order valence-electron chi connectivity index (χ4n) is 3.15. The number of aromatic nitrogens is 3. The van der Waals surface area contributed by atoms with Crippen LogP contribution >= 0.6 is 11.8 Å². The fraction of sp³-hybridized carbons (Fsp3) is 0.471. The van der Waals surface area contributed by atoms with Gasteiger partial charge in [0.15, 0.2) is 0 Å². The summed E-state index contributed by atoms with van der Waals surface area (Å²) in [5.41, 5.74) is 0.973. The van der Waals surface area contributed by atoms with Gasteiger partial charge in [0.25, 0.3) is 0 Å². The number of nitrogen functional groups attached to an aromatic ring is 1. The van der Waals surface area contributed by atoms with E-state index in [1.807, 2.05) is 23.1 Å². The highest BCUT2D eigenvalue weighted by atomic mass is 32.2. The lowest BCUT2D eigenvalue weighted by atomic mass is 10.0. The SMILES string of the molecule is COc1ccc(OC)c([C@@H]2CCCN2C(=O)CSc2nnc(C)n2N)c1. The van der Waals surface area contributed by atoms with Crippen molar-refractivity contribution >= 4 is 17.7 Å². The normalized spacial score (nSPS) is 16.7. The monoisotopic (exact) mass is 377 g/mol. The number of methoxy groups -OCH3 is 2. The van der Waals surface area contributed by atoms with Gasteiger partial charge in [0.1, 0.15) is 17.3 Å². The molecule has 8 nitrogen and oxygen atoms in total. The lowest BCUT2D eigenvalue weighted by Crippen LogP contribution is -2.32. The van der Waals surface area contributed by atoms with Crippen LogP contribution in [-0.4, -0.2) is 52.2 Å². The summed E-state index contributed by atoms with van der Waals surface area (Å²) in [5, 5.41) is 8.43. The van der Waals surface area contributed by atoms with Crippen molar-refractivity contribution in [2.24, 2.45) is 0 Å². The van der Waals surface area contributed by atoms with E-state index in [1.54, 1.807) is 21.1 Å². The maximum absolute atomic E-state index is 12.8. The van der Waals surface area contributed by atoms with E-state index in [9.17, 15) is 4.79 Å². The second-order valence-corrected chi connectivity index (χ2v) is 6.98. The van der Waals surface area contributed by atoms with Crippen molar-refractivity contribution in [2.75, 3.05) is 32.4 Å². The molecule has 9 heteroatoms. The highest BCUT2D eigenvalue weighted by Crippen LogP contribution is 2.39. The first-order chi connectivity index (χ1) is 12.5. The number of hydrogen-bond donors (Lipinski definition) is 1. The molecule has 0 spiro atoms. The van der Waals surface area contributed by atoms with Crippen molar-refractivity contribution in [1.29, 1.82) is 0 Å². The number of carbonyl (C=O) groups is 1. The van der Waals surface area contributed by atoms with Crippen LogP contribution in [0.5, 0.6) is 11.5 Å². The lowest BCUT2D eigenvalue weighted by molar-refractivity contribution is -0.129. The second-order valence-electron chi connectivity index (χ2n) is 6.04. The third-order valence-electron chi connectivity index (χ3n) is 4.53. The molecule has 1 aromatic heterocycles. The largest absolute Gasteiger partial charge is 0.497 e. The Balaban J connectivity index is 1.75. The molecule has 0 radical (unpaired) electrons. The average Bonchev–Trinajstić information content (AvgIpc) is 3.27. The van der Waals surface area contributed by atoms with Crippen molar-refractivity contribution in [3.8, 4) is 11.5 Å². The Labute approximate surface area is 156 Å². The molecule has 1 fully saturated rings. The maximum Gasteiger partial charge on any atom is 0.233 e. The number of aryl methyl sites for hydroxylation is 1. The molecule has 2 N–H and O–H groups in total. The Bertz CT molecular complexity index is 795. The van der Waals surface area contributed by atoms with Crippen LogP contribution in [0.1, 0.15) is 30.3 Å². The van der Waals surface area contributed by atoms with Crippen LogP contribution in [0, 0.1) is 6.92 Å². The van der Waals surface area contributed by atoms with Crippen molar-refractivity contribution in [3.05, 3.63) is 29.6 Å².